The molecule has 1 aliphatic heterocycles. The first-order chi connectivity index (χ1) is 8.37. The summed E-state index contributed by atoms with van der Waals surface area (Å²) in [6.45, 7) is 6.39. The average Bonchev–Trinajstić information content (AvgIpc) is 2.16. The molecule has 1 heterocycles. The fraction of sp³-hybridized carbons (Fsp3) is 0.500. The summed E-state index contributed by atoms with van der Waals surface area (Å²) in [7, 11) is 0. The number of benzene rings is 1. The number of carbonyl (C=O) groups is 1. The Hall–Kier alpha value is -1.71. The van der Waals surface area contributed by atoms with Gasteiger partial charge in [0.25, 0.3) is 0 Å². The molecule has 0 aromatic heterocycles. The first-order valence-corrected chi connectivity index (χ1v) is 6.22. The molecule has 0 radical (unpaired) electrons. The summed E-state index contributed by atoms with van der Waals surface area (Å²) < 4.78 is 5.38. The molecule has 2 N–H and O–H groups in total. The molecular formula is C14H20N2O2. The standard InChI is InChI=1S/C14H20N2O2/c1-14(2,3)18-13(17)16-9-8-12(16)10-4-6-11(15)7-5-10/h4-7,12H,8-9,15H2,1-3H3. The fourth-order valence-corrected chi connectivity index (χ4v) is 1.99. The molecule has 0 spiro atoms. The number of nitrogens with two attached hydrogens (primary N) is 1. The van der Waals surface area contributed by atoms with Crippen LogP contribution in [0.3, 0.4) is 0 Å². The van der Waals surface area contributed by atoms with E-state index in [1.54, 1.807) is 4.90 Å². The first-order valence-electron chi connectivity index (χ1n) is 6.22. The minimum Gasteiger partial charge on any atom is -0.444 e. The van der Waals surface area contributed by atoms with Crippen LogP contribution >= 0.6 is 0 Å². The maximum Gasteiger partial charge on any atom is 0.410 e. The molecule has 0 saturated carbocycles. The van der Waals surface area contributed by atoms with Gasteiger partial charge in [-0.05, 0) is 44.9 Å². The van der Waals surface area contributed by atoms with Crippen LogP contribution in [0.5, 0.6) is 0 Å². The highest BCUT2D eigenvalue weighted by Crippen LogP contribution is 2.34. The van der Waals surface area contributed by atoms with Gasteiger partial charge < -0.3 is 15.4 Å². The summed E-state index contributed by atoms with van der Waals surface area (Å²) in [4.78, 5) is 13.7. The number of ether oxygens (including phenoxy) is 1. The van der Waals surface area contributed by atoms with Gasteiger partial charge in [0.2, 0.25) is 0 Å². The zero-order chi connectivity index (χ0) is 13.3. The van der Waals surface area contributed by atoms with Crippen molar-refractivity contribution in [2.75, 3.05) is 12.3 Å². The molecule has 1 atom stereocenters. The van der Waals surface area contributed by atoms with Gasteiger partial charge in [0.15, 0.2) is 0 Å². The van der Waals surface area contributed by atoms with Crippen LogP contribution < -0.4 is 5.73 Å². The topological polar surface area (TPSA) is 55.6 Å². The molecule has 4 nitrogen and oxygen atoms in total. The first kappa shape index (κ1) is 12.7. The third kappa shape index (κ3) is 2.75. The van der Waals surface area contributed by atoms with Crippen molar-refractivity contribution in [3.63, 3.8) is 0 Å². The van der Waals surface area contributed by atoms with E-state index in [-0.39, 0.29) is 12.1 Å². The highest BCUT2D eigenvalue weighted by Gasteiger charge is 2.35. The lowest BCUT2D eigenvalue weighted by atomic mass is 9.95. The second kappa shape index (κ2) is 4.52. The lowest BCUT2D eigenvalue weighted by Gasteiger charge is -2.41. The van der Waals surface area contributed by atoms with Crippen LogP contribution in [0.15, 0.2) is 24.3 Å². The highest BCUT2D eigenvalue weighted by molar-refractivity contribution is 5.70. The van der Waals surface area contributed by atoms with E-state index in [0.29, 0.717) is 0 Å². The van der Waals surface area contributed by atoms with Gasteiger partial charge in [-0.15, -0.1) is 0 Å². The van der Waals surface area contributed by atoms with Gasteiger partial charge in [-0.2, -0.15) is 0 Å². The van der Waals surface area contributed by atoms with Crippen molar-refractivity contribution in [3.8, 4) is 0 Å². The molecular weight excluding hydrogens is 228 g/mol. The lowest BCUT2D eigenvalue weighted by Crippen LogP contribution is -2.47. The zero-order valence-electron chi connectivity index (χ0n) is 11.1. The van der Waals surface area contributed by atoms with Crippen molar-refractivity contribution >= 4 is 11.8 Å². The Bertz CT molecular complexity index is 434. The summed E-state index contributed by atoms with van der Waals surface area (Å²) in [5.74, 6) is 0. The monoisotopic (exact) mass is 248 g/mol. The molecule has 0 bridgehead atoms. The SMILES string of the molecule is CC(C)(C)OC(=O)N1CCC1c1ccc(N)cc1. The maximum atomic E-state index is 12.0. The summed E-state index contributed by atoms with van der Waals surface area (Å²) >= 11 is 0. The Morgan fingerprint density at radius 3 is 2.39 bits per heavy atom. The lowest BCUT2D eigenvalue weighted by molar-refractivity contribution is -0.00573. The highest BCUT2D eigenvalue weighted by atomic mass is 16.6. The average molecular weight is 248 g/mol. The van der Waals surface area contributed by atoms with E-state index in [0.717, 1.165) is 24.2 Å². The van der Waals surface area contributed by atoms with Gasteiger partial charge in [0.05, 0.1) is 6.04 Å². The van der Waals surface area contributed by atoms with Crippen molar-refractivity contribution in [2.45, 2.75) is 38.8 Å². The molecule has 0 aliphatic carbocycles. The van der Waals surface area contributed by atoms with Gasteiger partial charge in [-0.3, -0.25) is 0 Å². The van der Waals surface area contributed by atoms with Crippen LogP contribution in [0.25, 0.3) is 0 Å². The number of rotatable bonds is 1. The van der Waals surface area contributed by atoms with Crippen LogP contribution in [0.1, 0.15) is 38.8 Å². The van der Waals surface area contributed by atoms with E-state index in [4.69, 9.17) is 10.5 Å². The van der Waals surface area contributed by atoms with Crippen LogP contribution in [0.2, 0.25) is 0 Å². The minimum absolute atomic E-state index is 0.125. The second-order valence-electron chi connectivity index (χ2n) is 5.64. The van der Waals surface area contributed by atoms with Gasteiger partial charge in [0.1, 0.15) is 5.60 Å². The quantitative estimate of drug-likeness (QED) is 0.777. The molecule has 4 heteroatoms. The van der Waals surface area contributed by atoms with E-state index in [2.05, 4.69) is 0 Å². The van der Waals surface area contributed by atoms with Crippen LogP contribution in [-0.4, -0.2) is 23.1 Å². The van der Waals surface area contributed by atoms with Gasteiger partial charge >= 0.3 is 6.09 Å². The van der Waals surface area contributed by atoms with E-state index in [1.165, 1.54) is 0 Å². The Balaban J connectivity index is 2.04. The molecule has 1 unspecified atom stereocenters. The van der Waals surface area contributed by atoms with E-state index < -0.39 is 5.60 Å². The van der Waals surface area contributed by atoms with E-state index in [1.807, 2.05) is 45.0 Å². The molecule has 2 rings (SSSR count). The number of hydrogen-bond donors (Lipinski definition) is 1. The normalized spacial score (nSPS) is 19.3. The second-order valence-corrected chi connectivity index (χ2v) is 5.64. The summed E-state index contributed by atoms with van der Waals surface area (Å²) in [6.07, 6.45) is 0.735. The third-order valence-electron chi connectivity index (χ3n) is 2.97. The molecule has 98 valence electrons. The van der Waals surface area contributed by atoms with E-state index >= 15 is 0 Å². The van der Waals surface area contributed by atoms with Gasteiger partial charge in [-0.1, -0.05) is 12.1 Å². The molecule has 1 amide bonds. The number of nitrogens with zero attached hydrogens (tertiary/aromatic N) is 1. The van der Waals surface area contributed by atoms with Crippen molar-refractivity contribution in [2.24, 2.45) is 0 Å². The van der Waals surface area contributed by atoms with Gasteiger partial charge in [-0.25, -0.2) is 4.79 Å². The van der Waals surface area contributed by atoms with Crippen molar-refractivity contribution in [1.82, 2.24) is 4.90 Å². The molecule has 1 aliphatic rings. The smallest absolute Gasteiger partial charge is 0.410 e. The predicted octanol–water partition coefficient (Wildman–Crippen LogP) is 2.95. The van der Waals surface area contributed by atoms with Crippen molar-refractivity contribution < 1.29 is 9.53 Å². The molecule has 18 heavy (non-hydrogen) atoms. The number of hydrogen-bond acceptors (Lipinski definition) is 3. The fourth-order valence-electron chi connectivity index (χ4n) is 1.99. The van der Waals surface area contributed by atoms with Crippen LogP contribution in [0.4, 0.5) is 10.5 Å². The number of amides is 1. The number of anilines is 1. The van der Waals surface area contributed by atoms with E-state index in [9.17, 15) is 4.79 Å². The molecule has 1 aromatic carbocycles. The maximum absolute atomic E-state index is 12.0. The molecule has 1 aromatic rings. The Morgan fingerprint density at radius 2 is 1.94 bits per heavy atom. The zero-order valence-corrected chi connectivity index (χ0v) is 11.1. The van der Waals surface area contributed by atoms with Crippen molar-refractivity contribution in [1.29, 1.82) is 0 Å². The van der Waals surface area contributed by atoms with Crippen LogP contribution in [-0.2, 0) is 4.74 Å². The Morgan fingerprint density at radius 1 is 1.33 bits per heavy atom. The molecule has 1 fully saturated rings. The summed E-state index contributed by atoms with van der Waals surface area (Å²) in [5.41, 5.74) is 7.06. The number of nitrogen functional groups attached to an aromatic ring is 1. The predicted molar refractivity (Wildman–Crippen MR) is 71.2 cm³/mol. The molecule has 1 saturated heterocycles. The van der Waals surface area contributed by atoms with Crippen LogP contribution in [0, 0.1) is 0 Å². The number of carbonyl (C=O) groups excluding carboxylic acids is 1. The van der Waals surface area contributed by atoms with Crippen molar-refractivity contribution in [3.05, 3.63) is 29.8 Å². The summed E-state index contributed by atoms with van der Waals surface area (Å²) in [5, 5.41) is 0. The third-order valence-corrected chi connectivity index (χ3v) is 2.97. The Kier molecular flexibility index (Phi) is 3.20. The summed E-state index contributed by atoms with van der Waals surface area (Å²) in [6, 6.07) is 7.79. The minimum atomic E-state index is -0.446. The largest absolute Gasteiger partial charge is 0.444 e. The van der Waals surface area contributed by atoms with Gasteiger partial charge in [0, 0.05) is 12.2 Å². The Labute approximate surface area is 108 Å². The number of likely N-dealkylation sites (tertiary alicyclic amines) is 1.